The number of sulfonamides is 1. The lowest BCUT2D eigenvalue weighted by Gasteiger charge is -2.16. The molecule has 0 atom stereocenters. The largest absolute Gasteiger partial charge is 0.573 e. The molecule has 1 N–H and O–H groups in total. The van der Waals surface area contributed by atoms with Gasteiger partial charge in [-0.3, -0.25) is 4.79 Å². The number of carbonyl (C=O) groups is 2. The maximum atomic E-state index is 12.6. The Morgan fingerprint density at radius 2 is 1.74 bits per heavy atom. The van der Waals surface area contributed by atoms with Gasteiger partial charge in [-0.2, -0.15) is 4.31 Å². The minimum atomic E-state index is -4.80. The van der Waals surface area contributed by atoms with E-state index in [9.17, 15) is 31.2 Å². The molecule has 1 aliphatic rings. The number of alkyl halides is 3. The molecule has 1 aliphatic heterocycles. The molecule has 1 amide bonds. The Hall–Kier alpha value is -3.38. The summed E-state index contributed by atoms with van der Waals surface area (Å²) in [6.07, 6.45) is -0.897. The first kappa shape index (κ1) is 25.2. The Morgan fingerprint density at radius 1 is 1.06 bits per heavy atom. The van der Waals surface area contributed by atoms with Crippen molar-refractivity contribution in [2.24, 2.45) is 0 Å². The first-order chi connectivity index (χ1) is 16.0. The van der Waals surface area contributed by atoms with Gasteiger partial charge in [0.05, 0.1) is 4.90 Å². The molecule has 8 nitrogen and oxygen atoms in total. The standard InChI is InChI=1S/C22H21F3N2O6S/c23-22(24,25)33-18-9-6-16(7-10-18)8-11-21(29)32-15-20(28)26-17-4-3-5-19(14-17)34(30,31)27-12-1-2-13-27/h3-11,14H,1-2,12-13,15H2,(H,26,28)/b11-8+. The van der Waals surface area contributed by atoms with E-state index in [1.54, 1.807) is 0 Å². The summed E-state index contributed by atoms with van der Waals surface area (Å²) in [5, 5.41) is 2.47. The Kier molecular flexibility index (Phi) is 7.94. The molecule has 0 saturated carbocycles. The lowest BCUT2D eigenvalue weighted by atomic mass is 10.2. The highest BCUT2D eigenvalue weighted by Gasteiger charge is 2.31. The fraction of sp³-hybridized carbons (Fsp3) is 0.273. The van der Waals surface area contributed by atoms with Crippen LogP contribution in [0.5, 0.6) is 5.75 Å². The Labute approximate surface area is 194 Å². The van der Waals surface area contributed by atoms with Gasteiger partial charge < -0.3 is 14.8 Å². The number of ether oxygens (including phenoxy) is 2. The molecule has 34 heavy (non-hydrogen) atoms. The van der Waals surface area contributed by atoms with Gasteiger partial charge in [0, 0.05) is 24.9 Å². The predicted molar refractivity (Wildman–Crippen MR) is 116 cm³/mol. The lowest BCUT2D eigenvalue weighted by molar-refractivity contribution is -0.274. The first-order valence-electron chi connectivity index (χ1n) is 10.1. The van der Waals surface area contributed by atoms with E-state index in [0.29, 0.717) is 18.7 Å². The maximum Gasteiger partial charge on any atom is 0.573 e. The van der Waals surface area contributed by atoms with Crippen LogP contribution in [0.1, 0.15) is 18.4 Å². The van der Waals surface area contributed by atoms with Crippen molar-refractivity contribution in [2.75, 3.05) is 25.0 Å². The normalized spacial score (nSPS) is 14.8. The molecular formula is C22H21F3N2O6S. The predicted octanol–water partition coefficient (Wildman–Crippen LogP) is 3.56. The molecule has 0 radical (unpaired) electrons. The number of benzene rings is 2. The van der Waals surface area contributed by atoms with E-state index >= 15 is 0 Å². The van der Waals surface area contributed by atoms with E-state index in [-0.39, 0.29) is 10.6 Å². The maximum absolute atomic E-state index is 12.6. The van der Waals surface area contributed by atoms with Crippen LogP contribution in [-0.4, -0.2) is 50.7 Å². The number of rotatable bonds is 8. The van der Waals surface area contributed by atoms with Crippen molar-refractivity contribution in [1.82, 2.24) is 4.31 Å². The first-order valence-corrected chi connectivity index (χ1v) is 11.6. The van der Waals surface area contributed by atoms with Crippen molar-refractivity contribution >= 4 is 33.7 Å². The molecule has 0 spiro atoms. The van der Waals surface area contributed by atoms with Gasteiger partial charge in [-0.1, -0.05) is 18.2 Å². The number of amides is 1. The SMILES string of the molecule is O=C(COC(=O)/C=C/c1ccc(OC(F)(F)F)cc1)Nc1cccc(S(=O)(=O)N2CCCC2)c1. The van der Waals surface area contributed by atoms with E-state index in [2.05, 4.69) is 10.1 Å². The molecule has 3 rings (SSSR count). The second-order valence-electron chi connectivity index (χ2n) is 7.25. The lowest BCUT2D eigenvalue weighted by Crippen LogP contribution is -2.28. The van der Waals surface area contributed by atoms with E-state index in [0.717, 1.165) is 31.1 Å². The topological polar surface area (TPSA) is 102 Å². The van der Waals surface area contributed by atoms with Crippen LogP contribution in [0.15, 0.2) is 59.5 Å². The molecule has 12 heteroatoms. The number of hydrogen-bond acceptors (Lipinski definition) is 6. The third-order valence-electron chi connectivity index (χ3n) is 4.69. The van der Waals surface area contributed by atoms with E-state index < -0.39 is 40.6 Å². The summed E-state index contributed by atoms with van der Waals surface area (Å²) < 4.78 is 71.7. The molecule has 182 valence electrons. The molecule has 0 aromatic heterocycles. The van der Waals surface area contributed by atoms with Crippen LogP contribution >= 0.6 is 0 Å². The van der Waals surface area contributed by atoms with Crippen LogP contribution in [0.25, 0.3) is 6.08 Å². The monoisotopic (exact) mass is 498 g/mol. The Balaban J connectivity index is 1.50. The fourth-order valence-corrected chi connectivity index (χ4v) is 4.70. The molecular weight excluding hydrogens is 477 g/mol. The number of halogens is 3. The summed E-state index contributed by atoms with van der Waals surface area (Å²) in [5.41, 5.74) is 0.644. The van der Waals surface area contributed by atoms with Gasteiger partial charge in [0.1, 0.15) is 5.75 Å². The van der Waals surface area contributed by atoms with Gasteiger partial charge in [-0.05, 0) is 54.8 Å². The number of anilines is 1. The van der Waals surface area contributed by atoms with Crippen LogP contribution < -0.4 is 10.1 Å². The van der Waals surface area contributed by atoms with Gasteiger partial charge in [0.25, 0.3) is 5.91 Å². The summed E-state index contributed by atoms with van der Waals surface area (Å²) in [6, 6.07) is 10.6. The van der Waals surface area contributed by atoms with Crippen molar-refractivity contribution in [3.63, 3.8) is 0 Å². The van der Waals surface area contributed by atoms with E-state index in [1.807, 2.05) is 0 Å². The zero-order chi connectivity index (χ0) is 24.8. The summed E-state index contributed by atoms with van der Waals surface area (Å²) >= 11 is 0. The molecule has 0 aliphatic carbocycles. The van der Waals surface area contributed by atoms with Gasteiger partial charge in [-0.25, -0.2) is 13.2 Å². The second kappa shape index (κ2) is 10.7. The van der Waals surface area contributed by atoms with Crippen LogP contribution in [-0.2, 0) is 24.3 Å². The zero-order valence-electron chi connectivity index (χ0n) is 17.7. The summed E-state index contributed by atoms with van der Waals surface area (Å²) in [5.74, 6) is -1.93. The van der Waals surface area contributed by atoms with E-state index in [4.69, 9.17) is 4.74 Å². The van der Waals surface area contributed by atoms with Crippen molar-refractivity contribution in [3.8, 4) is 5.75 Å². The summed E-state index contributed by atoms with van der Waals surface area (Å²) in [6.45, 7) is 0.284. The molecule has 1 fully saturated rings. The van der Waals surface area contributed by atoms with E-state index in [1.165, 1.54) is 46.8 Å². The molecule has 2 aromatic rings. The fourth-order valence-electron chi connectivity index (χ4n) is 3.14. The van der Waals surface area contributed by atoms with Crippen LogP contribution in [0, 0.1) is 0 Å². The zero-order valence-corrected chi connectivity index (χ0v) is 18.6. The second-order valence-corrected chi connectivity index (χ2v) is 9.18. The quantitative estimate of drug-likeness (QED) is 0.441. The average Bonchev–Trinajstić information content (AvgIpc) is 3.32. The molecule has 1 heterocycles. The minimum Gasteiger partial charge on any atom is -0.452 e. The number of hydrogen-bond donors (Lipinski definition) is 1. The molecule has 2 aromatic carbocycles. The smallest absolute Gasteiger partial charge is 0.452 e. The minimum absolute atomic E-state index is 0.0544. The molecule has 1 saturated heterocycles. The van der Waals surface area contributed by atoms with Crippen molar-refractivity contribution in [2.45, 2.75) is 24.1 Å². The van der Waals surface area contributed by atoms with Crippen LogP contribution in [0.2, 0.25) is 0 Å². The molecule has 0 unspecified atom stereocenters. The van der Waals surface area contributed by atoms with Crippen LogP contribution in [0.4, 0.5) is 18.9 Å². The number of nitrogens with zero attached hydrogens (tertiary/aromatic N) is 1. The summed E-state index contributed by atoms with van der Waals surface area (Å²) in [4.78, 5) is 23.9. The highest BCUT2D eigenvalue weighted by Crippen LogP contribution is 2.24. The third kappa shape index (κ3) is 7.32. The summed E-state index contributed by atoms with van der Waals surface area (Å²) in [7, 11) is -3.64. The van der Waals surface area contributed by atoms with Crippen molar-refractivity contribution < 1.29 is 40.7 Å². The molecule has 0 bridgehead atoms. The van der Waals surface area contributed by atoms with Gasteiger partial charge in [0.15, 0.2) is 6.61 Å². The van der Waals surface area contributed by atoms with Gasteiger partial charge in [0.2, 0.25) is 10.0 Å². The van der Waals surface area contributed by atoms with Crippen molar-refractivity contribution in [3.05, 3.63) is 60.2 Å². The highest BCUT2D eigenvalue weighted by molar-refractivity contribution is 7.89. The van der Waals surface area contributed by atoms with Gasteiger partial charge in [-0.15, -0.1) is 13.2 Å². The number of esters is 1. The Morgan fingerprint density at radius 3 is 2.38 bits per heavy atom. The van der Waals surface area contributed by atoms with Crippen molar-refractivity contribution in [1.29, 1.82) is 0 Å². The average molecular weight is 498 g/mol. The highest BCUT2D eigenvalue weighted by atomic mass is 32.2. The Bertz CT molecular complexity index is 1160. The number of carbonyl (C=O) groups excluding carboxylic acids is 2. The third-order valence-corrected chi connectivity index (χ3v) is 6.59. The van der Waals surface area contributed by atoms with Gasteiger partial charge >= 0.3 is 12.3 Å². The van der Waals surface area contributed by atoms with Crippen LogP contribution in [0.3, 0.4) is 0 Å². The number of nitrogens with one attached hydrogen (secondary N) is 1.